The van der Waals surface area contributed by atoms with Gasteiger partial charge in [-0.1, -0.05) is 12.8 Å². The summed E-state index contributed by atoms with van der Waals surface area (Å²) in [4.78, 5) is 0. The van der Waals surface area contributed by atoms with E-state index in [1.165, 1.54) is 12.8 Å². The topological polar surface area (TPSA) is 60.9 Å². The van der Waals surface area contributed by atoms with Gasteiger partial charge in [-0.2, -0.15) is 5.10 Å². The number of hydrogen-bond donors (Lipinski definition) is 3. The predicted molar refractivity (Wildman–Crippen MR) is 58.3 cm³/mol. The van der Waals surface area contributed by atoms with Crippen LogP contribution in [0.2, 0.25) is 0 Å². The molecule has 15 heavy (non-hydrogen) atoms. The summed E-state index contributed by atoms with van der Waals surface area (Å²) in [5, 5.41) is 19.6. The summed E-state index contributed by atoms with van der Waals surface area (Å²) in [5.74, 6) is 0. The Morgan fingerprint density at radius 1 is 1.47 bits per heavy atom. The molecule has 1 fully saturated rings. The number of H-pyrrole nitrogens is 1. The first kappa shape index (κ1) is 10.6. The maximum atomic E-state index is 9.41. The molecule has 84 valence electrons. The Morgan fingerprint density at radius 3 is 2.87 bits per heavy atom. The first-order valence-corrected chi connectivity index (χ1v) is 5.64. The zero-order chi connectivity index (χ0) is 10.6. The summed E-state index contributed by atoms with van der Waals surface area (Å²) in [6.07, 6.45) is 6.58. The third kappa shape index (κ3) is 2.58. The highest BCUT2D eigenvalue weighted by Gasteiger charge is 2.32. The molecule has 1 aliphatic rings. The molecule has 4 nitrogen and oxygen atoms in total. The van der Waals surface area contributed by atoms with Crippen molar-refractivity contribution in [2.45, 2.75) is 32.2 Å². The normalized spacial score (nSPS) is 19.5. The molecule has 1 aliphatic carbocycles. The zero-order valence-electron chi connectivity index (χ0n) is 9.00. The predicted octanol–water partition coefficient (Wildman–Crippen LogP) is 1.05. The molecule has 1 aromatic rings. The van der Waals surface area contributed by atoms with Gasteiger partial charge in [-0.15, -0.1) is 0 Å². The molecule has 0 amide bonds. The Morgan fingerprint density at radius 2 is 2.27 bits per heavy atom. The van der Waals surface area contributed by atoms with Crippen molar-refractivity contribution in [3.8, 4) is 0 Å². The number of nitrogens with one attached hydrogen (secondary N) is 2. The molecule has 3 N–H and O–H groups in total. The molecule has 0 spiro atoms. The molecule has 0 radical (unpaired) electrons. The lowest BCUT2D eigenvalue weighted by atomic mass is 9.87. The fraction of sp³-hybridized carbons (Fsp3) is 0.727. The van der Waals surface area contributed by atoms with E-state index < -0.39 is 0 Å². The Labute approximate surface area is 90.1 Å². The molecule has 0 saturated heterocycles. The van der Waals surface area contributed by atoms with E-state index in [-0.39, 0.29) is 5.41 Å². The Kier molecular flexibility index (Phi) is 3.38. The van der Waals surface area contributed by atoms with E-state index >= 15 is 0 Å². The Balaban J connectivity index is 1.77. The van der Waals surface area contributed by atoms with Crippen LogP contribution in [0.1, 0.15) is 31.4 Å². The minimum atomic E-state index is 0.139. The molecule has 4 heteroatoms. The first-order valence-electron chi connectivity index (χ1n) is 5.64. The van der Waals surface area contributed by atoms with Crippen LogP contribution >= 0.6 is 0 Å². The van der Waals surface area contributed by atoms with E-state index in [9.17, 15) is 5.11 Å². The third-order valence-corrected chi connectivity index (χ3v) is 3.37. The van der Waals surface area contributed by atoms with Gasteiger partial charge < -0.3 is 10.4 Å². The van der Waals surface area contributed by atoms with Crippen LogP contribution in [0.4, 0.5) is 0 Å². The summed E-state index contributed by atoms with van der Waals surface area (Å²) in [6.45, 7) is 2.02. The van der Waals surface area contributed by atoms with Crippen LogP contribution in [0.25, 0.3) is 0 Å². The third-order valence-electron chi connectivity index (χ3n) is 3.37. The van der Waals surface area contributed by atoms with E-state index in [4.69, 9.17) is 0 Å². The van der Waals surface area contributed by atoms with Gasteiger partial charge in [0.05, 0.1) is 0 Å². The molecule has 1 saturated carbocycles. The van der Waals surface area contributed by atoms with Crippen molar-refractivity contribution in [1.82, 2.24) is 15.5 Å². The van der Waals surface area contributed by atoms with Crippen molar-refractivity contribution in [1.29, 1.82) is 0 Å². The summed E-state index contributed by atoms with van der Waals surface area (Å²) >= 11 is 0. The van der Waals surface area contributed by atoms with Gasteiger partial charge in [0.1, 0.15) is 0 Å². The Hall–Kier alpha value is -0.870. The molecule has 0 aromatic carbocycles. The highest BCUT2D eigenvalue weighted by Crippen LogP contribution is 2.36. The number of aromatic nitrogens is 2. The highest BCUT2D eigenvalue weighted by molar-refractivity contribution is 4.97. The number of rotatable bonds is 5. The molecule has 1 heterocycles. The second-order valence-corrected chi connectivity index (χ2v) is 4.55. The van der Waals surface area contributed by atoms with Crippen molar-refractivity contribution in [3.63, 3.8) is 0 Å². The maximum Gasteiger partial charge on any atom is 0.0499 e. The lowest BCUT2D eigenvalue weighted by molar-refractivity contribution is 0.128. The van der Waals surface area contributed by atoms with Crippen LogP contribution in [0.5, 0.6) is 0 Å². The standard InChI is InChI=1S/C11H19N3O/c15-9-11(4-1-2-5-11)8-12-7-10-3-6-13-14-10/h3,6,12,15H,1-2,4-5,7-9H2,(H,13,14). The second-order valence-electron chi connectivity index (χ2n) is 4.55. The SMILES string of the molecule is OCC1(CNCc2ccn[nH]2)CCCC1. The summed E-state index contributed by atoms with van der Waals surface area (Å²) in [5.41, 5.74) is 1.24. The fourth-order valence-electron chi connectivity index (χ4n) is 2.36. The van der Waals surface area contributed by atoms with E-state index in [0.717, 1.165) is 31.6 Å². The molecule has 2 rings (SSSR count). The number of aliphatic hydroxyl groups is 1. The van der Waals surface area contributed by atoms with E-state index in [2.05, 4.69) is 15.5 Å². The van der Waals surface area contributed by atoms with Crippen LogP contribution in [0, 0.1) is 5.41 Å². The monoisotopic (exact) mass is 209 g/mol. The average Bonchev–Trinajstić information content (AvgIpc) is 2.89. The summed E-state index contributed by atoms with van der Waals surface area (Å²) < 4.78 is 0. The lowest BCUT2D eigenvalue weighted by Gasteiger charge is -2.26. The molecule has 0 bridgehead atoms. The van der Waals surface area contributed by atoms with Gasteiger partial charge in [0.15, 0.2) is 0 Å². The average molecular weight is 209 g/mol. The van der Waals surface area contributed by atoms with Crippen LogP contribution in [-0.2, 0) is 6.54 Å². The summed E-state index contributed by atoms with van der Waals surface area (Å²) in [7, 11) is 0. The van der Waals surface area contributed by atoms with Crippen molar-refractivity contribution >= 4 is 0 Å². The van der Waals surface area contributed by atoms with Crippen molar-refractivity contribution in [2.75, 3.05) is 13.2 Å². The number of hydrogen-bond acceptors (Lipinski definition) is 3. The smallest absolute Gasteiger partial charge is 0.0499 e. The maximum absolute atomic E-state index is 9.41. The zero-order valence-corrected chi connectivity index (χ0v) is 9.00. The van der Waals surface area contributed by atoms with Gasteiger partial charge in [-0.05, 0) is 18.9 Å². The minimum Gasteiger partial charge on any atom is -0.396 e. The lowest BCUT2D eigenvalue weighted by Crippen LogP contribution is -2.34. The molecular weight excluding hydrogens is 190 g/mol. The van der Waals surface area contributed by atoms with Crippen molar-refractivity contribution in [3.05, 3.63) is 18.0 Å². The van der Waals surface area contributed by atoms with Gasteiger partial charge in [-0.3, -0.25) is 5.10 Å². The number of nitrogens with zero attached hydrogens (tertiary/aromatic N) is 1. The largest absolute Gasteiger partial charge is 0.396 e. The van der Waals surface area contributed by atoms with E-state index in [1.807, 2.05) is 6.07 Å². The molecule has 0 atom stereocenters. The minimum absolute atomic E-state index is 0.139. The summed E-state index contributed by atoms with van der Waals surface area (Å²) in [6, 6.07) is 1.97. The van der Waals surface area contributed by atoms with E-state index in [1.54, 1.807) is 6.20 Å². The van der Waals surface area contributed by atoms with Gasteiger partial charge in [0.25, 0.3) is 0 Å². The molecule has 1 aromatic heterocycles. The van der Waals surface area contributed by atoms with Gasteiger partial charge >= 0.3 is 0 Å². The molecular formula is C11H19N3O. The molecule has 0 aliphatic heterocycles. The van der Waals surface area contributed by atoms with Crippen molar-refractivity contribution in [2.24, 2.45) is 5.41 Å². The van der Waals surface area contributed by atoms with Gasteiger partial charge in [0.2, 0.25) is 0 Å². The van der Waals surface area contributed by atoms with Crippen LogP contribution in [0.3, 0.4) is 0 Å². The fourth-order valence-corrected chi connectivity index (χ4v) is 2.36. The van der Waals surface area contributed by atoms with Crippen LogP contribution in [0.15, 0.2) is 12.3 Å². The van der Waals surface area contributed by atoms with Crippen molar-refractivity contribution < 1.29 is 5.11 Å². The number of aliphatic hydroxyl groups excluding tert-OH is 1. The second kappa shape index (κ2) is 4.77. The first-order chi connectivity index (χ1) is 7.35. The van der Waals surface area contributed by atoms with Crippen LogP contribution < -0.4 is 5.32 Å². The quantitative estimate of drug-likeness (QED) is 0.679. The Bertz CT molecular complexity index is 278. The number of aromatic amines is 1. The van der Waals surface area contributed by atoms with Gasteiger partial charge in [-0.25, -0.2) is 0 Å². The van der Waals surface area contributed by atoms with E-state index in [0.29, 0.717) is 6.61 Å². The highest BCUT2D eigenvalue weighted by atomic mass is 16.3. The molecule has 0 unspecified atom stereocenters. The van der Waals surface area contributed by atoms with Gasteiger partial charge in [0, 0.05) is 37.0 Å². The van der Waals surface area contributed by atoms with Crippen LogP contribution in [-0.4, -0.2) is 28.5 Å².